The summed E-state index contributed by atoms with van der Waals surface area (Å²) in [5.41, 5.74) is 0.576. The quantitative estimate of drug-likeness (QED) is 0.745. The predicted octanol–water partition coefficient (Wildman–Crippen LogP) is 0.719. The van der Waals surface area contributed by atoms with Crippen molar-refractivity contribution in [3.8, 4) is 0 Å². The van der Waals surface area contributed by atoms with Crippen molar-refractivity contribution in [2.75, 3.05) is 19.0 Å². The Bertz CT molecular complexity index is 817. The lowest BCUT2D eigenvalue weighted by Gasteiger charge is -2.11. The van der Waals surface area contributed by atoms with E-state index in [4.69, 9.17) is 0 Å². The fraction of sp³-hybridized carbons (Fsp3) is 0.357. The molecular formula is C14H19N5O3S2. The Hall–Kier alpha value is -2.04. The normalized spacial score (nSPS) is 11.3. The third kappa shape index (κ3) is 4.98. The van der Waals surface area contributed by atoms with Gasteiger partial charge < -0.3 is 10.2 Å². The Balaban J connectivity index is 2.03. The smallest absolute Gasteiger partial charge is 0.250 e. The van der Waals surface area contributed by atoms with Crippen molar-refractivity contribution in [3.63, 3.8) is 0 Å². The lowest BCUT2D eigenvalue weighted by atomic mass is 10.4. The molecule has 0 aliphatic rings. The van der Waals surface area contributed by atoms with Gasteiger partial charge in [0, 0.05) is 32.1 Å². The number of amides is 1. The number of anilines is 1. The van der Waals surface area contributed by atoms with Crippen molar-refractivity contribution in [3.05, 3.63) is 35.0 Å². The van der Waals surface area contributed by atoms with Crippen molar-refractivity contribution in [2.45, 2.75) is 24.2 Å². The van der Waals surface area contributed by atoms with Crippen LogP contribution in [0.4, 0.5) is 5.95 Å². The van der Waals surface area contributed by atoms with Crippen LogP contribution in [0.2, 0.25) is 0 Å². The topological polar surface area (TPSA) is 104 Å². The molecule has 0 saturated carbocycles. The molecule has 2 N–H and O–H groups in total. The third-order valence-electron chi connectivity index (χ3n) is 2.96. The molecule has 10 heteroatoms. The highest BCUT2D eigenvalue weighted by atomic mass is 32.2. The van der Waals surface area contributed by atoms with E-state index >= 15 is 0 Å². The number of aromatic nitrogens is 2. The van der Waals surface area contributed by atoms with Crippen molar-refractivity contribution >= 4 is 33.2 Å². The van der Waals surface area contributed by atoms with Crippen molar-refractivity contribution in [1.29, 1.82) is 0 Å². The van der Waals surface area contributed by atoms with Gasteiger partial charge in [-0.3, -0.25) is 4.79 Å². The van der Waals surface area contributed by atoms with E-state index in [1.807, 2.05) is 14.1 Å². The average molecular weight is 369 g/mol. The molecule has 0 saturated heterocycles. The maximum absolute atomic E-state index is 12.3. The average Bonchev–Trinajstić information content (AvgIpc) is 3.01. The Morgan fingerprint density at radius 3 is 2.67 bits per heavy atom. The van der Waals surface area contributed by atoms with E-state index in [0.29, 0.717) is 18.2 Å². The van der Waals surface area contributed by atoms with Gasteiger partial charge in [0.25, 0.3) is 0 Å². The van der Waals surface area contributed by atoms with Crippen molar-refractivity contribution in [2.24, 2.45) is 0 Å². The number of rotatable bonds is 7. The number of carbonyl (C=O) groups is 1. The van der Waals surface area contributed by atoms with Gasteiger partial charge in [0.2, 0.25) is 21.9 Å². The van der Waals surface area contributed by atoms with Crippen LogP contribution in [0.15, 0.2) is 28.6 Å². The molecule has 2 rings (SSSR count). The first-order valence-electron chi connectivity index (χ1n) is 7.10. The van der Waals surface area contributed by atoms with E-state index < -0.39 is 10.0 Å². The van der Waals surface area contributed by atoms with Crippen LogP contribution in [0.25, 0.3) is 0 Å². The van der Waals surface area contributed by atoms with Crippen LogP contribution < -0.4 is 14.9 Å². The lowest BCUT2D eigenvalue weighted by Crippen LogP contribution is -2.23. The summed E-state index contributed by atoms with van der Waals surface area (Å²) in [7, 11) is -0.00539. The molecule has 2 heterocycles. The number of carbonyl (C=O) groups excluding carboxylic acids is 1. The molecule has 24 heavy (non-hydrogen) atoms. The summed E-state index contributed by atoms with van der Waals surface area (Å²) in [5, 5.41) is 2.64. The van der Waals surface area contributed by atoms with E-state index in [2.05, 4.69) is 20.0 Å². The van der Waals surface area contributed by atoms with Crippen LogP contribution in [-0.4, -0.2) is 38.4 Å². The fourth-order valence-corrected chi connectivity index (χ4v) is 4.09. The maximum atomic E-state index is 12.3. The van der Waals surface area contributed by atoms with Gasteiger partial charge in [0.1, 0.15) is 4.21 Å². The van der Waals surface area contributed by atoms with Crippen LogP contribution in [0.5, 0.6) is 0 Å². The SMILES string of the molecule is CC(=O)NCc1ccc(S(=O)(=O)NCc2ccnc(N(C)C)n2)s1. The zero-order valence-corrected chi connectivity index (χ0v) is 15.2. The highest BCUT2D eigenvalue weighted by molar-refractivity contribution is 7.91. The first-order chi connectivity index (χ1) is 11.3. The monoisotopic (exact) mass is 369 g/mol. The fourth-order valence-electron chi connectivity index (χ4n) is 1.75. The minimum absolute atomic E-state index is 0.0740. The van der Waals surface area contributed by atoms with Crippen LogP contribution in [-0.2, 0) is 27.9 Å². The highest BCUT2D eigenvalue weighted by Crippen LogP contribution is 2.21. The lowest BCUT2D eigenvalue weighted by molar-refractivity contribution is -0.119. The second kappa shape index (κ2) is 7.69. The standard InChI is InChI=1S/C14H19N5O3S2/c1-10(20)16-9-12-4-5-13(23-12)24(21,22)17-8-11-6-7-15-14(18-11)19(2)3/h4-7,17H,8-9H2,1-3H3,(H,16,20). The number of thiophene rings is 1. The highest BCUT2D eigenvalue weighted by Gasteiger charge is 2.17. The zero-order chi connectivity index (χ0) is 17.7. The first kappa shape index (κ1) is 18.3. The van der Waals surface area contributed by atoms with Gasteiger partial charge in [-0.1, -0.05) is 0 Å². The van der Waals surface area contributed by atoms with Crippen LogP contribution in [0.3, 0.4) is 0 Å². The molecule has 0 aromatic carbocycles. The van der Waals surface area contributed by atoms with E-state index in [0.717, 1.165) is 16.2 Å². The molecule has 0 aliphatic carbocycles. The Labute approximate surface area is 145 Å². The van der Waals surface area contributed by atoms with Gasteiger partial charge in [-0.2, -0.15) is 0 Å². The summed E-state index contributed by atoms with van der Waals surface area (Å²) >= 11 is 1.12. The third-order valence-corrected chi connectivity index (χ3v) is 5.94. The van der Waals surface area contributed by atoms with Gasteiger partial charge in [-0.25, -0.2) is 23.1 Å². The van der Waals surface area contributed by atoms with Gasteiger partial charge in [0.15, 0.2) is 0 Å². The predicted molar refractivity (Wildman–Crippen MR) is 92.2 cm³/mol. The molecular weight excluding hydrogens is 350 g/mol. The van der Waals surface area contributed by atoms with E-state index in [-0.39, 0.29) is 16.7 Å². The summed E-state index contributed by atoms with van der Waals surface area (Å²) in [6, 6.07) is 4.87. The summed E-state index contributed by atoms with van der Waals surface area (Å²) in [5.74, 6) is 0.354. The van der Waals surface area contributed by atoms with E-state index in [1.54, 1.807) is 23.2 Å². The Kier molecular flexibility index (Phi) is 5.86. The summed E-state index contributed by atoms with van der Waals surface area (Å²) in [6.07, 6.45) is 1.59. The molecule has 0 atom stereocenters. The molecule has 0 unspecified atom stereocenters. The number of hydrogen-bond donors (Lipinski definition) is 2. The summed E-state index contributed by atoms with van der Waals surface area (Å²) in [4.78, 5) is 21.8. The molecule has 2 aromatic rings. The van der Waals surface area contributed by atoms with Gasteiger partial charge in [-0.05, 0) is 18.2 Å². The van der Waals surface area contributed by atoms with Crippen LogP contribution in [0.1, 0.15) is 17.5 Å². The Morgan fingerprint density at radius 2 is 2.00 bits per heavy atom. The Morgan fingerprint density at radius 1 is 1.25 bits per heavy atom. The van der Waals surface area contributed by atoms with Crippen LogP contribution in [0, 0.1) is 0 Å². The van der Waals surface area contributed by atoms with Gasteiger partial charge in [-0.15, -0.1) is 11.3 Å². The number of sulfonamides is 1. The molecule has 130 valence electrons. The van der Waals surface area contributed by atoms with Crippen molar-refractivity contribution < 1.29 is 13.2 Å². The van der Waals surface area contributed by atoms with Crippen LogP contribution >= 0.6 is 11.3 Å². The number of hydrogen-bond acceptors (Lipinski definition) is 7. The second-order valence-electron chi connectivity index (χ2n) is 5.20. The summed E-state index contributed by atoms with van der Waals surface area (Å²) < 4.78 is 27.4. The number of nitrogens with zero attached hydrogens (tertiary/aromatic N) is 3. The van der Waals surface area contributed by atoms with Crippen molar-refractivity contribution in [1.82, 2.24) is 20.0 Å². The molecule has 0 radical (unpaired) electrons. The molecule has 0 fully saturated rings. The summed E-state index contributed by atoms with van der Waals surface area (Å²) in [6.45, 7) is 1.80. The molecule has 0 spiro atoms. The first-order valence-corrected chi connectivity index (χ1v) is 9.40. The number of nitrogens with one attached hydrogen (secondary N) is 2. The molecule has 2 aromatic heterocycles. The largest absolute Gasteiger partial charge is 0.351 e. The maximum Gasteiger partial charge on any atom is 0.250 e. The van der Waals surface area contributed by atoms with Gasteiger partial charge in [0.05, 0.1) is 18.8 Å². The van der Waals surface area contributed by atoms with E-state index in [1.165, 1.54) is 13.0 Å². The zero-order valence-electron chi connectivity index (χ0n) is 13.6. The minimum Gasteiger partial charge on any atom is -0.351 e. The molecule has 0 aliphatic heterocycles. The molecule has 0 bridgehead atoms. The minimum atomic E-state index is -3.63. The molecule has 1 amide bonds. The van der Waals surface area contributed by atoms with E-state index in [9.17, 15) is 13.2 Å². The van der Waals surface area contributed by atoms with Gasteiger partial charge >= 0.3 is 0 Å². The molecule has 8 nitrogen and oxygen atoms in total. The second-order valence-corrected chi connectivity index (χ2v) is 8.36.